The second-order valence-electron chi connectivity index (χ2n) is 7.05. The van der Waals surface area contributed by atoms with Crippen LogP contribution in [-0.4, -0.2) is 46.7 Å². The Morgan fingerprint density at radius 1 is 1.19 bits per heavy atom. The van der Waals surface area contributed by atoms with Crippen molar-refractivity contribution in [3.05, 3.63) is 42.0 Å². The molecule has 0 bridgehead atoms. The highest BCUT2D eigenvalue weighted by molar-refractivity contribution is 5.99. The van der Waals surface area contributed by atoms with Crippen molar-refractivity contribution in [1.82, 2.24) is 14.5 Å². The number of carbonyl (C=O) groups excluding carboxylic acids is 1. The van der Waals surface area contributed by atoms with E-state index in [9.17, 15) is 4.79 Å². The highest BCUT2D eigenvalue weighted by Gasteiger charge is 2.30. The lowest BCUT2D eigenvalue weighted by Gasteiger charge is -2.27. The van der Waals surface area contributed by atoms with Gasteiger partial charge in [-0.05, 0) is 37.5 Å². The third kappa shape index (κ3) is 3.83. The van der Waals surface area contributed by atoms with E-state index in [0.717, 1.165) is 24.9 Å². The molecule has 0 saturated heterocycles. The maximum Gasteiger partial charge on any atom is 0.254 e. The van der Waals surface area contributed by atoms with Crippen molar-refractivity contribution in [1.29, 1.82) is 0 Å². The lowest BCUT2D eigenvalue weighted by Crippen LogP contribution is -2.41. The van der Waals surface area contributed by atoms with Crippen LogP contribution < -0.4 is 15.2 Å². The molecular weight excluding hydrogens is 332 g/mol. The highest BCUT2D eigenvalue weighted by Crippen LogP contribution is 2.35. The van der Waals surface area contributed by atoms with Gasteiger partial charge in [0.1, 0.15) is 0 Å². The number of nitrogens with two attached hydrogens (primary N) is 1. The molecule has 140 valence electrons. The second kappa shape index (κ2) is 7.37. The number of aryl methyl sites for hydroxylation is 1. The van der Waals surface area contributed by atoms with Gasteiger partial charge in [-0.25, -0.2) is 4.98 Å². The van der Waals surface area contributed by atoms with E-state index in [4.69, 9.17) is 15.2 Å². The Morgan fingerprint density at radius 3 is 2.54 bits per heavy atom. The van der Waals surface area contributed by atoms with E-state index in [-0.39, 0.29) is 11.4 Å². The highest BCUT2D eigenvalue weighted by atomic mass is 16.5. The SMILES string of the molecule is COc1cc2c(cc1OC)C(=O)N(CCC(C)(N)CCn1ccnc1)C2. The van der Waals surface area contributed by atoms with Gasteiger partial charge in [0, 0.05) is 43.1 Å². The first-order chi connectivity index (χ1) is 12.4. The van der Waals surface area contributed by atoms with Crippen molar-refractivity contribution in [3.8, 4) is 11.5 Å². The van der Waals surface area contributed by atoms with Crippen LogP contribution in [0.2, 0.25) is 0 Å². The molecule has 1 aromatic carbocycles. The third-order valence-corrected chi connectivity index (χ3v) is 4.94. The zero-order valence-electron chi connectivity index (χ0n) is 15.6. The summed E-state index contributed by atoms with van der Waals surface area (Å²) in [6.07, 6.45) is 7.03. The first kappa shape index (κ1) is 18.3. The summed E-state index contributed by atoms with van der Waals surface area (Å²) in [5, 5.41) is 0. The monoisotopic (exact) mass is 358 g/mol. The third-order valence-electron chi connectivity index (χ3n) is 4.94. The van der Waals surface area contributed by atoms with Gasteiger partial charge in [0.25, 0.3) is 5.91 Å². The van der Waals surface area contributed by atoms with E-state index in [0.29, 0.717) is 30.2 Å². The number of fused-ring (bicyclic) bond motifs is 1. The molecule has 0 saturated carbocycles. The first-order valence-corrected chi connectivity index (χ1v) is 8.72. The molecule has 2 N–H and O–H groups in total. The van der Waals surface area contributed by atoms with E-state index in [1.807, 2.05) is 28.7 Å². The molecule has 26 heavy (non-hydrogen) atoms. The average molecular weight is 358 g/mol. The predicted octanol–water partition coefficient (Wildman–Crippen LogP) is 2.05. The van der Waals surface area contributed by atoms with Crippen LogP contribution in [0.25, 0.3) is 0 Å². The summed E-state index contributed by atoms with van der Waals surface area (Å²) in [4.78, 5) is 18.6. The average Bonchev–Trinajstić information content (AvgIpc) is 3.25. The summed E-state index contributed by atoms with van der Waals surface area (Å²) >= 11 is 0. The number of ether oxygens (including phenoxy) is 2. The van der Waals surface area contributed by atoms with Gasteiger partial charge < -0.3 is 24.7 Å². The summed E-state index contributed by atoms with van der Waals surface area (Å²) < 4.78 is 12.6. The maximum atomic E-state index is 12.7. The molecule has 0 radical (unpaired) electrons. The number of amides is 1. The number of benzene rings is 1. The lowest BCUT2D eigenvalue weighted by atomic mass is 9.94. The number of nitrogens with zero attached hydrogens (tertiary/aromatic N) is 3. The Hall–Kier alpha value is -2.54. The molecule has 1 aliphatic rings. The number of aromatic nitrogens is 2. The van der Waals surface area contributed by atoms with E-state index < -0.39 is 0 Å². The van der Waals surface area contributed by atoms with Gasteiger partial charge in [-0.1, -0.05) is 0 Å². The topological polar surface area (TPSA) is 82.6 Å². The molecule has 2 heterocycles. The van der Waals surface area contributed by atoms with Crippen molar-refractivity contribution in [3.63, 3.8) is 0 Å². The fraction of sp³-hybridized carbons (Fsp3) is 0.474. The Labute approximate surface area is 153 Å². The van der Waals surface area contributed by atoms with Crippen molar-refractivity contribution >= 4 is 5.91 Å². The minimum absolute atomic E-state index is 0.0198. The Balaban J connectivity index is 1.61. The molecule has 3 rings (SSSR count). The molecule has 2 aromatic rings. The molecule has 7 heteroatoms. The summed E-state index contributed by atoms with van der Waals surface area (Å²) in [7, 11) is 3.17. The molecule has 1 amide bonds. The summed E-state index contributed by atoms with van der Waals surface area (Å²) in [6.45, 7) is 4.04. The van der Waals surface area contributed by atoms with Crippen LogP contribution in [0.15, 0.2) is 30.9 Å². The Kier molecular flexibility index (Phi) is 5.18. The van der Waals surface area contributed by atoms with Gasteiger partial charge in [-0.3, -0.25) is 4.79 Å². The van der Waals surface area contributed by atoms with Gasteiger partial charge in [0.2, 0.25) is 0 Å². The summed E-state index contributed by atoms with van der Waals surface area (Å²) in [5.74, 6) is 1.24. The molecule has 0 aliphatic carbocycles. The van der Waals surface area contributed by atoms with Crippen molar-refractivity contribution in [2.75, 3.05) is 20.8 Å². The van der Waals surface area contributed by atoms with Gasteiger partial charge in [-0.15, -0.1) is 0 Å². The summed E-state index contributed by atoms with van der Waals surface area (Å²) in [5.41, 5.74) is 7.73. The van der Waals surface area contributed by atoms with Gasteiger partial charge >= 0.3 is 0 Å². The number of hydrogen-bond donors (Lipinski definition) is 1. The molecular formula is C19H26N4O3. The van der Waals surface area contributed by atoms with Crippen molar-refractivity contribution in [2.24, 2.45) is 5.73 Å². The van der Waals surface area contributed by atoms with E-state index in [2.05, 4.69) is 4.98 Å². The van der Waals surface area contributed by atoms with Crippen LogP contribution in [0.4, 0.5) is 0 Å². The van der Waals surface area contributed by atoms with E-state index >= 15 is 0 Å². The number of methoxy groups -OCH3 is 2. The number of rotatable bonds is 8. The number of carbonyl (C=O) groups is 1. The van der Waals surface area contributed by atoms with Gasteiger partial charge in [-0.2, -0.15) is 0 Å². The van der Waals surface area contributed by atoms with Gasteiger partial charge in [0.15, 0.2) is 11.5 Å². The molecule has 1 aromatic heterocycles. The van der Waals surface area contributed by atoms with Crippen LogP contribution >= 0.6 is 0 Å². The molecule has 1 atom stereocenters. The van der Waals surface area contributed by atoms with Crippen LogP contribution in [0.3, 0.4) is 0 Å². The summed E-state index contributed by atoms with van der Waals surface area (Å²) in [6, 6.07) is 3.64. The predicted molar refractivity (Wildman–Crippen MR) is 98.3 cm³/mol. The largest absolute Gasteiger partial charge is 0.493 e. The van der Waals surface area contributed by atoms with Crippen LogP contribution in [0.1, 0.15) is 35.7 Å². The normalized spacial score (nSPS) is 15.7. The molecule has 1 unspecified atom stereocenters. The van der Waals surface area contributed by atoms with Crippen molar-refractivity contribution < 1.29 is 14.3 Å². The Morgan fingerprint density at radius 2 is 1.88 bits per heavy atom. The quantitative estimate of drug-likeness (QED) is 0.781. The van der Waals surface area contributed by atoms with Crippen LogP contribution in [0.5, 0.6) is 11.5 Å². The van der Waals surface area contributed by atoms with Gasteiger partial charge in [0.05, 0.1) is 20.5 Å². The fourth-order valence-electron chi connectivity index (χ4n) is 3.20. The maximum absolute atomic E-state index is 12.7. The number of imidazole rings is 1. The Bertz CT molecular complexity index is 771. The van der Waals surface area contributed by atoms with Crippen molar-refractivity contribution in [2.45, 2.75) is 38.4 Å². The second-order valence-corrected chi connectivity index (χ2v) is 7.05. The zero-order valence-corrected chi connectivity index (χ0v) is 15.6. The fourth-order valence-corrected chi connectivity index (χ4v) is 3.20. The molecule has 0 fully saturated rings. The standard InChI is InChI=1S/C19H26N4O3/c1-19(20,4-7-22-9-6-21-13-22)5-8-23-12-14-10-16(25-2)17(26-3)11-15(14)18(23)24/h6,9-11,13H,4-5,7-8,12,20H2,1-3H3. The first-order valence-electron chi connectivity index (χ1n) is 8.72. The lowest BCUT2D eigenvalue weighted by molar-refractivity contribution is 0.0765. The van der Waals surface area contributed by atoms with E-state index in [1.165, 1.54) is 0 Å². The minimum atomic E-state index is -0.352. The van der Waals surface area contributed by atoms with Crippen LogP contribution in [-0.2, 0) is 13.1 Å². The molecule has 1 aliphatic heterocycles. The van der Waals surface area contributed by atoms with Crippen LogP contribution in [0, 0.1) is 0 Å². The zero-order chi connectivity index (χ0) is 18.7. The minimum Gasteiger partial charge on any atom is -0.493 e. The number of hydrogen-bond acceptors (Lipinski definition) is 5. The molecule has 7 nitrogen and oxygen atoms in total. The van der Waals surface area contributed by atoms with E-state index in [1.54, 1.807) is 32.8 Å². The molecule has 0 spiro atoms. The smallest absolute Gasteiger partial charge is 0.254 e.